The van der Waals surface area contributed by atoms with E-state index in [1.807, 2.05) is 18.2 Å². The summed E-state index contributed by atoms with van der Waals surface area (Å²) in [6.45, 7) is 5.10. The fraction of sp³-hybridized carbons (Fsp3) is 0.444. The fourth-order valence-electron chi connectivity index (χ4n) is 4.48. The molecule has 0 spiro atoms. The maximum absolute atomic E-state index is 13.1. The lowest BCUT2D eigenvalue weighted by molar-refractivity contribution is -0.132. The number of benzene rings is 2. The maximum Gasteiger partial charge on any atom is 0.229 e. The third-order valence-electron chi connectivity index (χ3n) is 6.43. The van der Waals surface area contributed by atoms with Crippen molar-refractivity contribution in [3.8, 4) is 0 Å². The van der Waals surface area contributed by atoms with E-state index in [2.05, 4.69) is 52.3 Å². The molecule has 1 fully saturated rings. The van der Waals surface area contributed by atoms with Gasteiger partial charge in [0.05, 0.1) is 0 Å². The molecule has 32 heavy (non-hydrogen) atoms. The monoisotopic (exact) mass is 434 g/mol. The minimum Gasteiger partial charge on any atom is -0.462 e. The number of piperidine rings is 1. The lowest BCUT2D eigenvalue weighted by Crippen LogP contribution is -2.41. The SMILES string of the molecule is O=C(CCC1=COCO1)N(Cc1ccccc1)CC1CCN(CCc2ccccc2)CC1. The van der Waals surface area contributed by atoms with E-state index < -0.39 is 0 Å². The normalized spacial score (nSPS) is 16.8. The zero-order valence-corrected chi connectivity index (χ0v) is 18.8. The van der Waals surface area contributed by atoms with Gasteiger partial charge in [0.2, 0.25) is 12.7 Å². The van der Waals surface area contributed by atoms with E-state index >= 15 is 0 Å². The van der Waals surface area contributed by atoms with Crippen molar-refractivity contribution in [2.45, 2.75) is 38.6 Å². The van der Waals surface area contributed by atoms with Crippen LogP contribution in [0, 0.1) is 5.92 Å². The molecule has 5 nitrogen and oxygen atoms in total. The van der Waals surface area contributed by atoms with Gasteiger partial charge in [-0.25, -0.2) is 0 Å². The van der Waals surface area contributed by atoms with Gasteiger partial charge in [-0.1, -0.05) is 60.7 Å². The Morgan fingerprint density at radius 3 is 2.28 bits per heavy atom. The summed E-state index contributed by atoms with van der Waals surface area (Å²) in [4.78, 5) is 17.7. The second-order valence-corrected chi connectivity index (χ2v) is 8.79. The van der Waals surface area contributed by atoms with Crippen molar-refractivity contribution in [1.29, 1.82) is 0 Å². The van der Waals surface area contributed by atoms with Crippen LogP contribution in [0.15, 0.2) is 72.7 Å². The Hall–Kier alpha value is -2.79. The number of likely N-dealkylation sites (tertiary alicyclic amines) is 1. The Bertz CT molecular complexity index is 861. The van der Waals surface area contributed by atoms with Crippen molar-refractivity contribution >= 4 is 5.91 Å². The maximum atomic E-state index is 13.1. The number of hydrogen-bond donors (Lipinski definition) is 0. The van der Waals surface area contributed by atoms with Crippen LogP contribution in [-0.4, -0.2) is 48.7 Å². The van der Waals surface area contributed by atoms with Gasteiger partial charge in [0, 0.05) is 32.5 Å². The zero-order valence-electron chi connectivity index (χ0n) is 18.8. The fourth-order valence-corrected chi connectivity index (χ4v) is 4.48. The van der Waals surface area contributed by atoms with Crippen LogP contribution in [0.5, 0.6) is 0 Å². The van der Waals surface area contributed by atoms with Crippen LogP contribution in [0.1, 0.15) is 36.8 Å². The van der Waals surface area contributed by atoms with Crippen LogP contribution in [0.4, 0.5) is 0 Å². The summed E-state index contributed by atoms with van der Waals surface area (Å²) in [5.74, 6) is 1.52. The molecule has 4 rings (SSSR count). The lowest BCUT2D eigenvalue weighted by Gasteiger charge is -2.35. The zero-order chi connectivity index (χ0) is 22.0. The summed E-state index contributed by atoms with van der Waals surface area (Å²) in [6.07, 6.45) is 6.08. The first-order valence-corrected chi connectivity index (χ1v) is 11.8. The molecule has 0 aromatic heterocycles. The number of allylic oxidation sites excluding steroid dienone is 1. The summed E-state index contributed by atoms with van der Waals surface area (Å²) < 4.78 is 10.5. The van der Waals surface area contributed by atoms with Gasteiger partial charge in [0.25, 0.3) is 0 Å². The predicted octanol–water partition coefficient (Wildman–Crippen LogP) is 4.60. The van der Waals surface area contributed by atoms with E-state index in [0.29, 0.717) is 25.3 Å². The molecule has 0 N–H and O–H groups in total. The number of carbonyl (C=O) groups excluding carboxylic acids is 1. The number of hydrogen-bond acceptors (Lipinski definition) is 4. The Kier molecular flexibility index (Phi) is 8.21. The minimum absolute atomic E-state index is 0.191. The average molecular weight is 435 g/mol. The minimum atomic E-state index is 0.191. The molecule has 170 valence electrons. The number of amides is 1. The average Bonchev–Trinajstić information content (AvgIpc) is 3.37. The van der Waals surface area contributed by atoms with Gasteiger partial charge >= 0.3 is 0 Å². The third-order valence-corrected chi connectivity index (χ3v) is 6.43. The molecular formula is C27H34N2O3. The van der Waals surface area contributed by atoms with Gasteiger partial charge in [-0.2, -0.15) is 0 Å². The van der Waals surface area contributed by atoms with Gasteiger partial charge in [0.15, 0.2) is 0 Å². The second-order valence-electron chi connectivity index (χ2n) is 8.79. The largest absolute Gasteiger partial charge is 0.462 e. The number of carbonyl (C=O) groups is 1. The summed E-state index contributed by atoms with van der Waals surface area (Å²) in [5, 5.41) is 0. The molecule has 0 atom stereocenters. The van der Waals surface area contributed by atoms with E-state index in [1.165, 1.54) is 11.1 Å². The summed E-state index contributed by atoms with van der Waals surface area (Å²) >= 11 is 0. The van der Waals surface area contributed by atoms with E-state index in [4.69, 9.17) is 9.47 Å². The number of rotatable bonds is 10. The Morgan fingerprint density at radius 1 is 0.938 bits per heavy atom. The first kappa shape index (κ1) is 22.4. The highest BCUT2D eigenvalue weighted by Gasteiger charge is 2.24. The lowest BCUT2D eigenvalue weighted by atomic mass is 9.95. The van der Waals surface area contributed by atoms with Crippen LogP contribution in [0.3, 0.4) is 0 Å². The van der Waals surface area contributed by atoms with E-state index in [-0.39, 0.29) is 12.7 Å². The number of ether oxygens (including phenoxy) is 2. The molecule has 0 aliphatic carbocycles. The highest BCUT2D eigenvalue weighted by Crippen LogP contribution is 2.22. The molecule has 1 amide bonds. The van der Waals surface area contributed by atoms with Gasteiger partial charge in [-0.3, -0.25) is 4.79 Å². The van der Waals surface area contributed by atoms with Crippen LogP contribution in [0.2, 0.25) is 0 Å². The van der Waals surface area contributed by atoms with Crippen LogP contribution in [0.25, 0.3) is 0 Å². The molecule has 2 aliphatic rings. The molecule has 1 saturated heterocycles. The van der Waals surface area contributed by atoms with E-state index in [1.54, 1.807) is 6.26 Å². The molecule has 0 radical (unpaired) electrons. The van der Waals surface area contributed by atoms with Crippen LogP contribution in [-0.2, 0) is 27.2 Å². The molecule has 0 bridgehead atoms. The molecule has 2 aromatic carbocycles. The van der Waals surface area contributed by atoms with Crippen molar-refractivity contribution in [3.63, 3.8) is 0 Å². The van der Waals surface area contributed by atoms with Crippen molar-refractivity contribution in [2.24, 2.45) is 5.92 Å². The molecule has 5 heteroatoms. The van der Waals surface area contributed by atoms with Crippen molar-refractivity contribution in [2.75, 3.05) is 33.0 Å². The van der Waals surface area contributed by atoms with Crippen LogP contribution < -0.4 is 0 Å². The topological polar surface area (TPSA) is 42.0 Å². The Balaban J connectivity index is 1.27. The molecule has 2 aromatic rings. The standard InChI is InChI=1S/C27H34N2O3/c30-27(12-11-26-21-31-22-32-26)29(19-24-9-5-2-6-10-24)20-25-14-17-28(18-15-25)16-13-23-7-3-1-4-8-23/h1-10,21,25H,11-20,22H2. The van der Waals surface area contributed by atoms with E-state index in [9.17, 15) is 4.79 Å². The number of nitrogens with zero attached hydrogens (tertiary/aromatic N) is 2. The van der Waals surface area contributed by atoms with E-state index in [0.717, 1.165) is 51.2 Å². The molecule has 0 saturated carbocycles. The highest BCUT2D eigenvalue weighted by atomic mass is 16.7. The molecule has 0 unspecified atom stereocenters. The molecular weight excluding hydrogens is 400 g/mol. The van der Waals surface area contributed by atoms with Gasteiger partial charge in [-0.05, 0) is 49.4 Å². The van der Waals surface area contributed by atoms with Crippen molar-refractivity contribution in [1.82, 2.24) is 9.80 Å². The first-order valence-electron chi connectivity index (χ1n) is 11.8. The van der Waals surface area contributed by atoms with Gasteiger partial charge in [0.1, 0.15) is 12.0 Å². The van der Waals surface area contributed by atoms with Crippen molar-refractivity contribution in [3.05, 3.63) is 83.8 Å². The summed E-state index contributed by atoms with van der Waals surface area (Å²) in [5.41, 5.74) is 2.59. The summed E-state index contributed by atoms with van der Waals surface area (Å²) in [6, 6.07) is 21.0. The van der Waals surface area contributed by atoms with Crippen LogP contribution >= 0.6 is 0 Å². The predicted molar refractivity (Wildman–Crippen MR) is 126 cm³/mol. The molecule has 2 aliphatic heterocycles. The quantitative estimate of drug-likeness (QED) is 0.548. The second kappa shape index (κ2) is 11.7. The smallest absolute Gasteiger partial charge is 0.229 e. The van der Waals surface area contributed by atoms with Crippen molar-refractivity contribution < 1.29 is 14.3 Å². The van der Waals surface area contributed by atoms with Gasteiger partial charge < -0.3 is 19.3 Å². The Morgan fingerprint density at radius 2 is 1.62 bits per heavy atom. The third kappa shape index (κ3) is 6.86. The first-order chi connectivity index (χ1) is 15.8. The molecule has 2 heterocycles. The summed E-state index contributed by atoms with van der Waals surface area (Å²) in [7, 11) is 0. The van der Waals surface area contributed by atoms with Gasteiger partial charge in [-0.15, -0.1) is 0 Å². The Labute approximate surface area is 191 Å². The highest BCUT2D eigenvalue weighted by molar-refractivity contribution is 5.76.